The smallest absolute Gasteiger partial charge is 0.410 e. The molecule has 0 aromatic heterocycles. The number of aliphatic hydroxyl groups is 1. The number of piperidine rings is 1. The van der Waals surface area contributed by atoms with Crippen molar-refractivity contribution >= 4 is 6.09 Å². The highest BCUT2D eigenvalue weighted by atomic mass is 16.6. The second-order valence-corrected chi connectivity index (χ2v) is 8.21. The van der Waals surface area contributed by atoms with Gasteiger partial charge in [0, 0.05) is 19.5 Å². The molecule has 136 valence electrons. The first kappa shape index (κ1) is 19.3. The Hall–Kier alpha value is -2.06. The second-order valence-electron chi connectivity index (χ2n) is 8.21. The topological polar surface area (TPSA) is 73.6 Å². The Bertz CT molecular complexity index is 643. The molecular weight excluding hydrogens is 316 g/mol. The van der Waals surface area contributed by atoms with Gasteiger partial charge in [0.1, 0.15) is 5.60 Å². The van der Waals surface area contributed by atoms with Gasteiger partial charge in [-0.1, -0.05) is 30.3 Å². The molecule has 25 heavy (non-hydrogen) atoms. The number of nitrogens with zero attached hydrogens (tertiary/aromatic N) is 2. The fourth-order valence-electron chi connectivity index (χ4n) is 3.45. The van der Waals surface area contributed by atoms with Gasteiger partial charge in [-0.25, -0.2) is 4.79 Å². The standard InChI is InChI=1S/C20H28N2O3/c1-18(2,3)25-17(23)22-12-8-11-20(14-21,15-22)13-19(4,24)16-9-6-5-7-10-16/h5-7,9-10,24H,8,11-13,15H2,1-4H3. The molecule has 1 fully saturated rings. The third kappa shape index (κ3) is 4.96. The molecule has 5 heteroatoms. The van der Waals surface area contributed by atoms with Crippen LogP contribution in [0.3, 0.4) is 0 Å². The van der Waals surface area contributed by atoms with Crippen LogP contribution in [0.5, 0.6) is 0 Å². The van der Waals surface area contributed by atoms with Gasteiger partial charge >= 0.3 is 6.09 Å². The number of ether oxygens (including phenoxy) is 1. The molecule has 1 aliphatic rings. The van der Waals surface area contributed by atoms with E-state index in [1.165, 1.54) is 0 Å². The molecule has 2 atom stereocenters. The van der Waals surface area contributed by atoms with Crippen LogP contribution in [0, 0.1) is 16.7 Å². The van der Waals surface area contributed by atoms with Crippen molar-refractivity contribution in [2.45, 2.75) is 58.2 Å². The summed E-state index contributed by atoms with van der Waals surface area (Å²) in [7, 11) is 0. The van der Waals surface area contributed by atoms with Crippen LogP contribution in [0.4, 0.5) is 4.79 Å². The monoisotopic (exact) mass is 344 g/mol. The molecular formula is C20H28N2O3. The zero-order valence-corrected chi connectivity index (χ0v) is 15.6. The minimum atomic E-state index is -1.13. The minimum absolute atomic E-state index is 0.278. The Morgan fingerprint density at radius 1 is 1.32 bits per heavy atom. The van der Waals surface area contributed by atoms with Crippen molar-refractivity contribution in [3.63, 3.8) is 0 Å². The van der Waals surface area contributed by atoms with E-state index in [0.29, 0.717) is 13.0 Å². The third-order valence-corrected chi connectivity index (χ3v) is 4.54. The molecule has 0 saturated carbocycles. The van der Waals surface area contributed by atoms with Crippen molar-refractivity contribution in [3.05, 3.63) is 35.9 Å². The highest BCUT2D eigenvalue weighted by Crippen LogP contribution is 2.41. The van der Waals surface area contributed by atoms with Gasteiger partial charge in [-0.05, 0) is 46.1 Å². The highest BCUT2D eigenvalue weighted by Gasteiger charge is 2.43. The average Bonchev–Trinajstić information content (AvgIpc) is 2.54. The van der Waals surface area contributed by atoms with E-state index in [0.717, 1.165) is 12.0 Å². The van der Waals surface area contributed by atoms with Gasteiger partial charge in [0.2, 0.25) is 0 Å². The van der Waals surface area contributed by atoms with Gasteiger partial charge in [-0.2, -0.15) is 5.26 Å². The number of amides is 1. The van der Waals surface area contributed by atoms with Crippen LogP contribution in [-0.4, -0.2) is 34.8 Å². The number of hydrogen-bond acceptors (Lipinski definition) is 4. The summed E-state index contributed by atoms with van der Waals surface area (Å²) < 4.78 is 5.44. The van der Waals surface area contributed by atoms with Crippen LogP contribution in [0.1, 0.15) is 52.5 Å². The molecule has 0 spiro atoms. The molecule has 1 aromatic carbocycles. The van der Waals surface area contributed by atoms with E-state index in [2.05, 4.69) is 6.07 Å². The summed E-state index contributed by atoms with van der Waals surface area (Å²) in [6, 6.07) is 11.7. The van der Waals surface area contributed by atoms with Crippen LogP contribution < -0.4 is 0 Å². The molecule has 1 aromatic rings. The van der Waals surface area contributed by atoms with Crippen LogP contribution in [0.2, 0.25) is 0 Å². The quantitative estimate of drug-likeness (QED) is 0.904. The lowest BCUT2D eigenvalue weighted by molar-refractivity contribution is -0.0201. The summed E-state index contributed by atoms with van der Waals surface area (Å²) >= 11 is 0. The molecule has 0 radical (unpaired) electrons. The van der Waals surface area contributed by atoms with Crippen molar-refractivity contribution in [2.75, 3.05) is 13.1 Å². The Morgan fingerprint density at radius 2 is 1.96 bits per heavy atom. The number of nitriles is 1. The molecule has 1 aliphatic heterocycles. The van der Waals surface area contributed by atoms with Gasteiger partial charge < -0.3 is 14.7 Å². The van der Waals surface area contributed by atoms with Crippen LogP contribution in [0.25, 0.3) is 0 Å². The normalized spacial score (nSPS) is 23.4. The van der Waals surface area contributed by atoms with Gasteiger partial charge in [0.05, 0.1) is 17.1 Å². The number of hydrogen-bond donors (Lipinski definition) is 1. The van der Waals surface area contributed by atoms with E-state index in [1.54, 1.807) is 11.8 Å². The van der Waals surface area contributed by atoms with Gasteiger partial charge in [-0.3, -0.25) is 0 Å². The molecule has 0 bridgehead atoms. The molecule has 2 unspecified atom stereocenters. The third-order valence-electron chi connectivity index (χ3n) is 4.54. The zero-order chi connectivity index (χ0) is 18.7. The molecule has 2 rings (SSSR count). The summed E-state index contributed by atoms with van der Waals surface area (Å²) in [5.74, 6) is 0. The van der Waals surface area contributed by atoms with Crippen LogP contribution >= 0.6 is 0 Å². The lowest BCUT2D eigenvalue weighted by Gasteiger charge is -2.42. The lowest BCUT2D eigenvalue weighted by atomic mass is 9.71. The number of carbonyl (C=O) groups excluding carboxylic acids is 1. The first-order chi connectivity index (χ1) is 11.6. The maximum Gasteiger partial charge on any atom is 0.410 e. The maximum absolute atomic E-state index is 12.4. The zero-order valence-electron chi connectivity index (χ0n) is 15.6. The second kappa shape index (κ2) is 7.05. The fourth-order valence-corrected chi connectivity index (χ4v) is 3.45. The first-order valence-electron chi connectivity index (χ1n) is 8.74. The van der Waals surface area contributed by atoms with E-state index in [1.807, 2.05) is 51.1 Å². The Kier molecular flexibility index (Phi) is 5.43. The molecule has 1 saturated heterocycles. The molecule has 5 nitrogen and oxygen atoms in total. The van der Waals surface area contributed by atoms with Crippen molar-refractivity contribution in [2.24, 2.45) is 5.41 Å². The number of likely N-dealkylation sites (tertiary alicyclic amines) is 1. The van der Waals surface area contributed by atoms with Gasteiger partial charge in [0.25, 0.3) is 0 Å². The van der Waals surface area contributed by atoms with Crippen molar-refractivity contribution in [3.8, 4) is 6.07 Å². The van der Waals surface area contributed by atoms with E-state index in [9.17, 15) is 15.2 Å². The fraction of sp³-hybridized carbons (Fsp3) is 0.600. The Labute approximate surface area is 150 Å². The molecule has 1 heterocycles. The summed E-state index contributed by atoms with van der Waals surface area (Å²) in [5.41, 5.74) is -1.71. The first-order valence-corrected chi connectivity index (χ1v) is 8.74. The largest absolute Gasteiger partial charge is 0.444 e. The van der Waals surface area contributed by atoms with Crippen molar-refractivity contribution in [1.82, 2.24) is 4.90 Å². The van der Waals surface area contributed by atoms with Crippen molar-refractivity contribution in [1.29, 1.82) is 5.26 Å². The predicted octanol–water partition coefficient (Wildman–Crippen LogP) is 3.83. The Morgan fingerprint density at radius 3 is 2.52 bits per heavy atom. The van der Waals surface area contributed by atoms with Gasteiger partial charge in [-0.15, -0.1) is 0 Å². The summed E-state index contributed by atoms with van der Waals surface area (Å²) in [4.78, 5) is 14.0. The summed E-state index contributed by atoms with van der Waals surface area (Å²) in [6.45, 7) is 8.06. The minimum Gasteiger partial charge on any atom is -0.444 e. The molecule has 1 N–H and O–H groups in total. The van der Waals surface area contributed by atoms with Crippen LogP contribution in [0.15, 0.2) is 30.3 Å². The van der Waals surface area contributed by atoms with E-state index < -0.39 is 22.7 Å². The maximum atomic E-state index is 12.4. The van der Waals surface area contributed by atoms with E-state index >= 15 is 0 Å². The molecule has 1 amide bonds. The Balaban J connectivity index is 2.17. The number of benzene rings is 1. The number of rotatable bonds is 3. The van der Waals surface area contributed by atoms with Gasteiger partial charge in [0.15, 0.2) is 0 Å². The summed E-state index contributed by atoms with van der Waals surface area (Å²) in [5, 5.41) is 20.8. The number of carbonyl (C=O) groups is 1. The van der Waals surface area contributed by atoms with Crippen molar-refractivity contribution < 1.29 is 14.6 Å². The molecule has 0 aliphatic carbocycles. The summed E-state index contributed by atoms with van der Waals surface area (Å²) in [6.07, 6.45) is 1.26. The van der Waals surface area contributed by atoms with E-state index in [-0.39, 0.29) is 13.0 Å². The lowest BCUT2D eigenvalue weighted by Crippen LogP contribution is -2.49. The average molecular weight is 344 g/mol. The van der Waals surface area contributed by atoms with E-state index in [4.69, 9.17) is 4.74 Å². The predicted molar refractivity (Wildman–Crippen MR) is 95.7 cm³/mol. The van der Waals surface area contributed by atoms with Crippen LogP contribution in [-0.2, 0) is 10.3 Å². The highest BCUT2D eigenvalue weighted by molar-refractivity contribution is 5.68. The SMILES string of the molecule is CC(C)(C)OC(=O)N1CCCC(C#N)(CC(C)(O)c2ccccc2)C1.